The standard InChI is InChI=1S/C14H24N4OS/c1-3-9-15-14-17-16-12(20-14)13(19)18-10-7-5-6-8-11(18)4-2/h11H,3-10H2,1-2H3,(H,15,17). The maximum atomic E-state index is 12.6. The van der Waals surface area contributed by atoms with Crippen molar-refractivity contribution >= 4 is 22.4 Å². The van der Waals surface area contributed by atoms with E-state index in [1.54, 1.807) is 0 Å². The van der Waals surface area contributed by atoms with Gasteiger partial charge in [0, 0.05) is 19.1 Å². The predicted octanol–water partition coefficient (Wildman–Crippen LogP) is 3.15. The number of anilines is 1. The maximum Gasteiger partial charge on any atom is 0.285 e. The number of likely N-dealkylation sites (tertiary alicyclic amines) is 1. The molecule has 112 valence electrons. The third kappa shape index (κ3) is 3.69. The number of nitrogens with zero attached hydrogens (tertiary/aromatic N) is 3. The number of carbonyl (C=O) groups excluding carboxylic acids is 1. The van der Waals surface area contributed by atoms with Gasteiger partial charge in [0.1, 0.15) is 0 Å². The lowest BCUT2D eigenvalue weighted by atomic mass is 10.1. The Bertz CT molecular complexity index is 435. The molecule has 1 aromatic heterocycles. The zero-order valence-corrected chi connectivity index (χ0v) is 13.2. The van der Waals surface area contributed by atoms with Crippen LogP contribution in [0.1, 0.15) is 62.2 Å². The maximum absolute atomic E-state index is 12.6. The lowest BCUT2D eigenvalue weighted by Gasteiger charge is -2.28. The first-order valence-corrected chi connectivity index (χ1v) is 8.46. The number of amides is 1. The number of aromatic nitrogens is 2. The van der Waals surface area contributed by atoms with E-state index in [0.717, 1.165) is 43.9 Å². The second-order valence-electron chi connectivity index (χ2n) is 5.25. The van der Waals surface area contributed by atoms with Crippen LogP contribution < -0.4 is 5.32 Å². The number of hydrogen-bond donors (Lipinski definition) is 1. The Morgan fingerprint density at radius 3 is 2.95 bits per heavy atom. The van der Waals surface area contributed by atoms with Gasteiger partial charge in [0.05, 0.1) is 0 Å². The van der Waals surface area contributed by atoms with Gasteiger partial charge in [0.15, 0.2) is 0 Å². The van der Waals surface area contributed by atoms with Crippen LogP contribution in [0.4, 0.5) is 5.13 Å². The van der Waals surface area contributed by atoms with Crippen LogP contribution in [-0.2, 0) is 0 Å². The van der Waals surface area contributed by atoms with Crippen molar-refractivity contribution in [1.82, 2.24) is 15.1 Å². The van der Waals surface area contributed by atoms with Crippen molar-refractivity contribution in [2.24, 2.45) is 0 Å². The van der Waals surface area contributed by atoms with Crippen molar-refractivity contribution in [3.63, 3.8) is 0 Å². The summed E-state index contributed by atoms with van der Waals surface area (Å²) in [6, 6.07) is 0.362. The van der Waals surface area contributed by atoms with Gasteiger partial charge in [-0.1, -0.05) is 38.0 Å². The van der Waals surface area contributed by atoms with E-state index in [-0.39, 0.29) is 5.91 Å². The molecule has 6 heteroatoms. The molecule has 1 atom stereocenters. The molecule has 0 aliphatic carbocycles. The van der Waals surface area contributed by atoms with Gasteiger partial charge in [0.25, 0.3) is 5.91 Å². The highest BCUT2D eigenvalue weighted by Gasteiger charge is 2.27. The average Bonchev–Trinajstić information content (AvgIpc) is 2.81. The van der Waals surface area contributed by atoms with E-state index in [9.17, 15) is 4.79 Å². The van der Waals surface area contributed by atoms with Crippen LogP contribution in [0.25, 0.3) is 0 Å². The minimum atomic E-state index is 0.0563. The molecule has 1 amide bonds. The first kappa shape index (κ1) is 15.2. The van der Waals surface area contributed by atoms with E-state index < -0.39 is 0 Å². The molecule has 20 heavy (non-hydrogen) atoms. The highest BCUT2D eigenvalue weighted by atomic mass is 32.1. The Morgan fingerprint density at radius 2 is 2.20 bits per heavy atom. The van der Waals surface area contributed by atoms with Crippen molar-refractivity contribution < 1.29 is 4.79 Å². The minimum Gasteiger partial charge on any atom is -0.360 e. The number of carbonyl (C=O) groups is 1. The molecule has 5 nitrogen and oxygen atoms in total. The zero-order valence-electron chi connectivity index (χ0n) is 12.4. The van der Waals surface area contributed by atoms with Crippen LogP contribution in [0.2, 0.25) is 0 Å². The summed E-state index contributed by atoms with van der Waals surface area (Å²) in [4.78, 5) is 14.6. The fourth-order valence-electron chi connectivity index (χ4n) is 2.61. The monoisotopic (exact) mass is 296 g/mol. The van der Waals surface area contributed by atoms with Gasteiger partial charge in [-0.2, -0.15) is 0 Å². The molecule has 2 rings (SSSR count). The Hall–Kier alpha value is -1.17. The normalized spacial score (nSPS) is 19.7. The largest absolute Gasteiger partial charge is 0.360 e. The molecular formula is C14H24N4OS. The molecule has 1 aliphatic rings. The Balaban J connectivity index is 2.06. The van der Waals surface area contributed by atoms with Crippen molar-refractivity contribution in [3.8, 4) is 0 Å². The van der Waals surface area contributed by atoms with Crippen LogP contribution >= 0.6 is 11.3 Å². The molecule has 2 heterocycles. The molecule has 0 spiro atoms. The van der Waals surface area contributed by atoms with Gasteiger partial charge >= 0.3 is 0 Å². The average molecular weight is 296 g/mol. The van der Waals surface area contributed by atoms with E-state index >= 15 is 0 Å². The van der Waals surface area contributed by atoms with Crippen molar-refractivity contribution in [2.75, 3.05) is 18.4 Å². The van der Waals surface area contributed by atoms with Crippen LogP contribution in [0.5, 0.6) is 0 Å². The predicted molar refractivity (Wildman–Crippen MR) is 82.3 cm³/mol. The third-order valence-electron chi connectivity index (χ3n) is 3.74. The summed E-state index contributed by atoms with van der Waals surface area (Å²) >= 11 is 1.37. The number of rotatable bonds is 5. The first-order valence-electron chi connectivity index (χ1n) is 7.64. The van der Waals surface area contributed by atoms with E-state index in [2.05, 4.69) is 29.4 Å². The molecule has 0 saturated carbocycles. The Labute approximate surface area is 124 Å². The van der Waals surface area contributed by atoms with Gasteiger partial charge in [0.2, 0.25) is 10.1 Å². The molecule has 1 fully saturated rings. The lowest BCUT2D eigenvalue weighted by Crippen LogP contribution is -2.39. The van der Waals surface area contributed by atoms with E-state index in [1.807, 2.05) is 4.90 Å². The van der Waals surface area contributed by atoms with Crippen LogP contribution in [0, 0.1) is 0 Å². The first-order chi connectivity index (χ1) is 9.76. The Morgan fingerprint density at radius 1 is 1.35 bits per heavy atom. The lowest BCUT2D eigenvalue weighted by molar-refractivity contribution is 0.0677. The summed E-state index contributed by atoms with van der Waals surface area (Å²) in [6.45, 7) is 5.98. The van der Waals surface area contributed by atoms with Crippen molar-refractivity contribution in [3.05, 3.63) is 5.01 Å². The van der Waals surface area contributed by atoms with Crippen molar-refractivity contribution in [2.45, 2.75) is 58.4 Å². The fraction of sp³-hybridized carbons (Fsp3) is 0.786. The van der Waals surface area contributed by atoms with Gasteiger partial charge in [-0.15, -0.1) is 10.2 Å². The van der Waals surface area contributed by atoms with E-state index in [0.29, 0.717) is 11.0 Å². The summed E-state index contributed by atoms with van der Waals surface area (Å²) in [6.07, 6.45) is 6.71. The number of nitrogens with one attached hydrogen (secondary N) is 1. The van der Waals surface area contributed by atoms with Gasteiger partial charge in [-0.05, 0) is 25.7 Å². The Kier molecular flexibility index (Phi) is 5.76. The molecular weight excluding hydrogens is 272 g/mol. The topological polar surface area (TPSA) is 58.1 Å². The highest BCUT2D eigenvalue weighted by Crippen LogP contribution is 2.23. The number of hydrogen-bond acceptors (Lipinski definition) is 5. The molecule has 1 N–H and O–H groups in total. The fourth-order valence-corrected chi connectivity index (χ4v) is 3.33. The van der Waals surface area contributed by atoms with Crippen LogP contribution in [0.15, 0.2) is 0 Å². The SMILES string of the molecule is CCCNc1nnc(C(=O)N2CCCCCC2CC)s1. The van der Waals surface area contributed by atoms with Crippen LogP contribution in [0.3, 0.4) is 0 Å². The summed E-state index contributed by atoms with van der Waals surface area (Å²) in [5.74, 6) is 0.0563. The molecule has 1 saturated heterocycles. The zero-order chi connectivity index (χ0) is 14.4. The minimum absolute atomic E-state index is 0.0563. The molecule has 0 radical (unpaired) electrons. The quantitative estimate of drug-likeness (QED) is 0.907. The van der Waals surface area contributed by atoms with Crippen LogP contribution in [-0.4, -0.2) is 40.1 Å². The summed E-state index contributed by atoms with van der Waals surface area (Å²) < 4.78 is 0. The molecule has 0 aromatic carbocycles. The molecule has 1 aliphatic heterocycles. The summed E-state index contributed by atoms with van der Waals surface area (Å²) in [5, 5.41) is 12.6. The second kappa shape index (κ2) is 7.57. The molecule has 1 aromatic rings. The molecule has 1 unspecified atom stereocenters. The summed E-state index contributed by atoms with van der Waals surface area (Å²) in [7, 11) is 0. The van der Waals surface area contributed by atoms with E-state index in [4.69, 9.17) is 0 Å². The van der Waals surface area contributed by atoms with Crippen molar-refractivity contribution in [1.29, 1.82) is 0 Å². The van der Waals surface area contributed by atoms with Gasteiger partial charge in [-0.3, -0.25) is 4.79 Å². The third-order valence-corrected chi connectivity index (χ3v) is 4.61. The van der Waals surface area contributed by atoms with Gasteiger partial charge in [-0.25, -0.2) is 0 Å². The highest BCUT2D eigenvalue weighted by molar-refractivity contribution is 7.17. The van der Waals surface area contributed by atoms with Gasteiger partial charge < -0.3 is 10.2 Å². The second-order valence-corrected chi connectivity index (χ2v) is 6.23. The smallest absolute Gasteiger partial charge is 0.285 e. The molecule has 0 bridgehead atoms. The summed E-state index contributed by atoms with van der Waals surface area (Å²) in [5.41, 5.74) is 0. The van der Waals surface area contributed by atoms with E-state index in [1.165, 1.54) is 24.2 Å².